The molecule has 0 heterocycles. The van der Waals surface area contributed by atoms with Crippen LogP contribution in [0.3, 0.4) is 0 Å². The second kappa shape index (κ2) is 5.46. The molecule has 3 aliphatic carbocycles. The Kier molecular flexibility index (Phi) is 3.87. The van der Waals surface area contributed by atoms with Gasteiger partial charge in [0, 0.05) is 5.92 Å². The highest BCUT2D eigenvalue weighted by Gasteiger charge is 2.38. The van der Waals surface area contributed by atoms with E-state index < -0.39 is 0 Å². The van der Waals surface area contributed by atoms with E-state index >= 15 is 0 Å². The summed E-state index contributed by atoms with van der Waals surface area (Å²) < 4.78 is 0. The van der Waals surface area contributed by atoms with E-state index in [1.165, 1.54) is 44.9 Å². The van der Waals surface area contributed by atoms with Gasteiger partial charge in [-0.2, -0.15) is 0 Å². The molecule has 0 N–H and O–H groups in total. The highest BCUT2D eigenvalue weighted by molar-refractivity contribution is 5.39. The molecular weight excluding hydrogens is 228 g/mol. The van der Waals surface area contributed by atoms with E-state index in [1.54, 1.807) is 5.57 Å². The summed E-state index contributed by atoms with van der Waals surface area (Å²) >= 11 is 0. The van der Waals surface area contributed by atoms with E-state index in [0.717, 1.165) is 29.6 Å². The number of allylic oxidation sites excluding steroid dienone is 4. The lowest BCUT2D eigenvalue weighted by Crippen LogP contribution is -2.33. The van der Waals surface area contributed by atoms with Crippen molar-refractivity contribution in [1.82, 2.24) is 0 Å². The fraction of sp³-hybridized carbons (Fsp3) is 0.789. The van der Waals surface area contributed by atoms with Gasteiger partial charge in [-0.3, -0.25) is 0 Å². The smallest absolute Gasteiger partial charge is 0.00169 e. The molecule has 0 bridgehead atoms. The largest absolute Gasteiger partial charge is 0.0768 e. The minimum absolute atomic E-state index is 0.811. The number of hydrogen-bond acceptors (Lipinski definition) is 0. The molecule has 0 nitrogen and oxygen atoms in total. The average molecular weight is 258 g/mol. The number of hydrogen-bond donors (Lipinski definition) is 0. The predicted molar refractivity (Wildman–Crippen MR) is 83.0 cm³/mol. The molecule has 0 radical (unpaired) electrons. The van der Waals surface area contributed by atoms with Crippen LogP contribution >= 0.6 is 0 Å². The Morgan fingerprint density at radius 3 is 2.68 bits per heavy atom. The van der Waals surface area contributed by atoms with Crippen LogP contribution in [0.5, 0.6) is 0 Å². The molecule has 1 unspecified atom stereocenters. The fourth-order valence-electron chi connectivity index (χ4n) is 4.95. The molecule has 4 atom stereocenters. The maximum atomic E-state index is 2.58. The molecule has 1 fully saturated rings. The van der Waals surface area contributed by atoms with Crippen LogP contribution in [0.25, 0.3) is 0 Å². The third-order valence-corrected chi connectivity index (χ3v) is 6.00. The molecule has 0 aromatic heterocycles. The van der Waals surface area contributed by atoms with Crippen molar-refractivity contribution in [2.45, 2.75) is 65.7 Å². The molecule has 0 aromatic rings. The minimum Gasteiger partial charge on any atom is -0.0768 e. The first-order valence-electron chi connectivity index (χ1n) is 8.57. The van der Waals surface area contributed by atoms with Gasteiger partial charge in [0.25, 0.3) is 0 Å². The summed E-state index contributed by atoms with van der Waals surface area (Å²) in [5.41, 5.74) is 3.56. The molecule has 0 spiro atoms. The molecule has 3 aliphatic rings. The lowest BCUT2D eigenvalue weighted by atomic mass is 9.64. The summed E-state index contributed by atoms with van der Waals surface area (Å²) in [5, 5.41) is 0. The summed E-state index contributed by atoms with van der Waals surface area (Å²) in [5.74, 6) is 4.51. The van der Waals surface area contributed by atoms with Crippen LogP contribution in [-0.2, 0) is 0 Å². The molecule has 19 heavy (non-hydrogen) atoms. The molecule has 106 valence electrons. The first-order chi connectivity index (χ1) is 9.16. The second-order valence-electron chi connectivity index (χ2n) is 7.63. The van der Waals surface area contributed by atoms with E-state index in [9.17, 15) is 0 Å². The van der Waals surface area contributed by atoms with Crippen molar-refractivity contribution in [3.05, 3.63) is 23.3 Å². The quantitative estimate of drug-likeness (QED) is 0.591. The van der Waals surface area contributed by atoms with Gasteiger partial charge < -0.3 is 0 Å². The van der Waals surface area contributed by atoms with Crippen molar-refractivity contribution < 1.29 is 0 Å². The zero-order valence-electron chi connectivity index (χ0n) is 13.0. The van der Waals surface area contributed by atoms with Gasteiger partial charge in [-0.1, -0.05) is 44.9 Å². The SMILES string of the molecule is CC(C)[C@H]1CC[C@H](C)C[C@H]1C1C=CC2=C1CCCC2. The predicted octanol–water partition coefficient (Wildman–Crippen LogP) is 5.75. The fourth-order valence-corrected chi connectivity index (χ4v) is 4.95. The Labute approximate surface area is 119 Å². The highest BCUT2D eigenvalue weighted by Crippen LogP contribution is 2.49. The van der Waals surface area contributed by atoms with E-state index in [1.807, 2.05) is 5.57 Å². The molecule has 3 rings (SSSR count). The van der Waals surface area contributed by atoms with Crippen LogP contribution in [0, 0.1) is 29.6 Å². The Morgan fingerprint density at radius 2 is 1.89 bits per heavy atom. The molecule has 0 aromatic carbocycles. The Morgan fingerprint density at radius 1 is 1.11 bits per heavy atom. The van der Waals surface area contributed by atoms with Crippen molar-refractivity contribution in [3.8, 4) is 0 Å². The third-order valence-electron chi connectivity index (χ3n) is 6.00. The number of rotatable bonds is 2. The van der Waals surface area contributed by atoms with Gasteiger partial charge in [-0.25, -0.2) is 0 Å². The van der Waals surface area contributed by atoms with Crippen LogP contribution in [-0.4, -0.2) is 0 Å². The molecular formula is C19H30. The summed E-state index contributed by atoms with van der Waals surface area (Å²) in [7, 11) is 0. The first kappa shape index (κ1) is 13.5. The molecule has 0 aliphatic heterocycles. The van der Waals surface area contributed by atoms with Crippen LogP contribution in [0.4, 0.5) is 0 Å². The van der Waals surface area contributed by atoms with E-state index in [4.69, 9.17) is 0 Å². The maximum Gasteiger partial charge on any atom is 0.00169 e. The lowest BCUT2D eigenvalue weighted by molar-refractivity contribution is 0.120. The van der Waals surface area contributed by atoms with Crippen molar-refractivity contribution in [3.63, 3.8) is 0 Å². The summed E-state index contributed by atoms with van der Waals surface area (Å²) in [4.78, 5) is 0. The van der Waals surface area contributed by atoms with Crippen LogP contribution in [0.2, 0.25) is 0 Å². The standard InChI is InChI=1S/C19H30/c1-13(2)16-10-8-14(3)12-19(16)18-11-9-15-6-4-5-7-17(15)18/h9,11,13-14,16,18-19H,4-8,10,12H2,1-3H3/t14-,16+,18?,19+/m0/s1. The maximum absolute atomic E-state index is 2.58. The van der Waals surface area contributed by atoms with Gasteiger partial charge in [0.1, 0.15) is 0 Å². The average Bonchev–Trinajstić information content (AvgIpc) is 2.82. The minimum atomic E-state index is 0.811. The van der Waals surface area contributed by atoms with Gasteiger partial charge in [0.15, 0.2) is 0 Å². The normalized spacial score (nSPS) is 38.9. The van der Waals surface area contributed by atoms with E-state index in [2.05, 4.69) is 32.9 Å². The lowest BCUT2D eigenvalue weighted by Gasteiger charge is -2.41. The summed E-state index contributed by atoms with van der Waals surface area (Å²) in [6.07, 6.45) is 15.1. The van der Waals surface area contributed by atoms with Crippen LogP contribution in [0.1, 0.15) is 65.7 Å². The van der Waals surface area contributed by atoms with Crippen molar-refractivity contribution in [2.24, 2.45) is 29.6 Å². The van der Waals surface area contributed by atoms with Crippen LogP contribution < -0.4 is 0 Å². The summed E-state index contributed by atoms with van der Waals surface area (Å²) in [6, 6.07) is 0. The second-order valence-corrected chi connectivity index (χ2v) is 7.63. The van der Waals surface area contributed by atoms with Crippen molar-refractivity contribution in [2.75, 3.05) is 0 Å². The molecule has 0 heteroatoms. The Balaban J connectivity index is 1.83. The van der Waals surface area contributed by atoms with Gasteiger partial charge in [0.05, 0.1) is 0 Å². The summed E-state index contributed by atoms with van der Waals surface area (Å²) in [6.45, 7) is 7.36. The third kappa shape index (κ3) is 2.56. The van der Waals surface area contributed by atoms with E-state index in [-0.39, 0.29) is 0 Å². The monoisotopic (exact) mass is 258 g/mol. The van der Waals surface area contributed by atoms with Crippen LogP contribution in [0.15, 0.2) is 23.3 Å². The van der Waals surface area contributed by atoms with Crippen molar-refractivity contribution >= 4 is 0 Å². The first-order valence-corrected chi connectivity index (χ1v) is 8.57. The van der Waals surface area contributed by atoms with Gasteiger partial charge in [-0.05, 0) is 67.8 Å². The topological polar surface area (TPSA) is 0 Å². The zero-order valence-corrected chi connectivity index (χ0v) is 13.0. The molecule has 0 amide bonds. The van der Waals surface area contributed by atoms with Gasteiger partial charge >= 0.3 is 0 Å². The Hall–Kier alpha value is -0.520. The van der Waals surface area contributed by atoms with Gasteiger partial charge in [0.2, 0.25) is 0 Å². The highest BCUT2D eigenvalue weighted by atomic mass is 14.4. The Bertz CT molecular complexity index is 385. The molecule has 0 saturated heterocycles. The van der Waals surface area contributed by atoms with E-state index in [0.29, 0.717) is 0 Å². The van der Waals surface area contributed by atoms with Crippen molar-refractivity contribution in [1.29, 1.82) is 0 Å². The molecule has 1 saturated carbocycles. The zero-order chi connectivity index (χ0) is 13.4. The van der Waals surface area contributed by atoms with Gasteiger partial charge in [-0.15, -0.1) is 0 Å².